The van der Waals surface area contributed by atoms with Gasteiger partial charge in [0.05, 0.1) is 11.9 Å². The lowest BCUT2D eigenvalue weighted by molar-refractivity contribution is -0.106. The minimum absolute atomic E-state index is 0.321. The average molecular weight is 226 g/mol. The van der Waals surface area contributed by atoms with E-state index in [1.54, 1.807) is 0 Å². The van der Waals surface area contributed by atoms with Crippen LogP contribution in [0.4, 0.5) is 0 Å². The molecule has 4 heteroatoms. The van der Waals surface area contributed by atoms with Gasteiger partial charge in [0.15, 0.2) is 6.29 Å². The summed E-state index contributed by atoms with van der Waals surface area (Å²) in [5, 5.41) is 0. The first kappa shape index (κ1) is 12.3. The molecule has 1 heterocycles. The van der Waals surface area contributed by atoms with E-state index in [1.807, 2.05) is 18.1 Å². The smallest absolute Gasteiger partial charge is 0.167 e. The lowest BCUT2D eigenvalue weighted by Crippen LogP contribution is -2.37. The minimum atomic E-state index is -0.986. The van der Waals surface area contributed by atoms with Crippen molar-refractivity contribution in [3.63, 3.8) is 0 Å². The van der Waals surface area contributed by atoms with Crippen molar-refractivity contribution in [2.45, 2.75) is 38.8 Å². The molecule has 0 N–H and O–H groups in total. The maximum Gasteiger partial charge on any atom is 0.167 e. The van der Waals surface area contributed by atoms with Gasteiger partial charge in [0.25, 0.3) is 0 Å². The number of carbonyl (C=O) groups is 1. The Bertz CT molecular complexity index is 270. The van der Waals surface area contributed by atoms with E-state index in [2.05, 4.69) is 31.5 Å². The second kappa shape index (κ2) is 4.39. The van der Waals surface area contributed by atoms with Gasteiger partial charge in [-0.3, -0.25) is 4.79 Å². The molecule has 86 valence electrons. The number of nitrogens with zero attached hydrogens (tertiary/aromatic N) is 2. The maximum absolute atomic E-state index is 10.8. The van der Waals surface area contributed by atoms with Crippen LogP contribution < -0.4 is 0 Å². The van der Waals surface area contributed by atoms with E-state index in [-0.39, 0.29) is 0 Å². The lowest BCUT2D eigenvalue weighted by atomic mass is 10.4. The number of aldehydes is 1. The summed E-state index contributed by atoms with van der Waals surface area (Å²) < 4.78 is 0. The molecule has 1 unspecified atom stereocenters. The third kappa shape index (κ3) is 3.09. The Hall–Kier alpha value is -0.773. The van der Waals surface area contributed by atoms with E-state index >= 15 is 0 Å². The molecular weight excluding hydrogens is 204 g/mol. The standard InChI is InChI=1S/C11H22N2OSi/c1-10-12(2)11(9-14)8-13(10)6-7-15(3,4)5/h8-10H,6-7H2,1-5H3. The number of hydrogen-bond acceptors (Lipinski definition) is 3. The van der Waals surface area contributed by atoms with Crippen LogP contribution in [0.5, 0.6) is 0 Å². The van der Waals surface area contributed by atoms with E-state index in [0.29, 0.717) is 6.17 Å². The molecule has 1 atom stereocenters. The Labute approximate surface area is 93.8 Å². The predicted octanol–water partition coefficient (Wildman–Crippen LogP) is 1.96. The molecule has 0 aliphatic carbocycles. The van der Waals surface area contributed by atoms with E-state index in [0.717, 1.165) is 18.5 Å². The van der Waals surface area contributed by atoms with Crippen LogP contribution in [-0.2, 0) is 4.79 Å². The molecule has 0 amide bonds. The van der Waals surface area contributed by atoms with Crippen LogP contribution in [0.1, 0.15) is 6.92 Å². The van der Waals surface area contributed by atoms with Crippen molar-refractivity contribution in [2.75, 3.05) is 13.6 Å². The molecule has 0 aromatic carbocycles. The number of carbonyl (C=O) groups excluding carboxylic acids is 1. The maximum atomic E-state index is 10.8. The first-order chi connectivity index (χ1) is 6.85. The SMILES string of the molecule is CC1N(CC[Si](C)(C)C)C=C(C=O)N1C. The zero-order chi connectivity index (χ0) is 11.6. The molecule has 0 radical (unpaired) electrons. The van der Waals surface area contributed by atoms with E-state index in [9.17, 15) is 4.79 Å². The first-order valence-electron chi connectivity index (χ1n) is 5.51. The van der Waals surface area contributed by atoms with Crippen molar-refractivity contribution in [3.8, 4) is 0 Å². The van der Waals surface area contributed by atoms with Crippen molar-refractivity contribution in [1.29, 1.82) is 0 Å². The van der Waals surface area contributed by atoms with Crippen LogP contribution in [0.3, 0.4) is 0 Å². The van der Waals surface area contributed by atoms with Crippen LogP contribution in [0.15, 0.2) is 11.9 Å². The Balaban J connectivity index is 2.57. The fourth-order valence-corrected chi connectivity index (χ4v) is 2.57. The highest BCUT2D eigenvalue weighted by atomic mass is 28.3. The molecule has 3 nitrogen and oxygen atoms in total. The van der Waals surface area contributed by atoms with Gasteiger partial charge in [-0.05, 0) is 13.0 Å². The molecule has 1 aliphatic heterocycles. The highest BCUT2D eigenvalue weighted by Gasteiger charge is 2.26. The summed E-state index contributed by atoms with van der Waals surface area (Å²) in [6.07, 6.45) is 3.24. The molecule has 1 aliphatic rings. The molecule has 0 aromatic rings. The molecule has 0 spiro atoms. The average Bonchev–Trinajstić information content (AvgIpc) is 2.40. The Morgan fingerprint density at radius 2 is 2.07 bits per heavy atom. The normalized spacial score (nSPS) is 21.9. The van der Waals surface area contributed by atoms with Crippen LogP contribution >= 0.6 is 0 Å². The van der Waals surface area contributed by atoms with Crippen LogP contribution in [0.25, 0.3) is 0 Å². The minimum Gasteiger partial charge on any atom is -0.356 e. The van der Waals surface area contributed by atoms with E-state index < -0.39 is 8.07 Å². The molecule has 1 rings (SSSR count). The summed E-state index contributed by atoms with van der Waals surface area (Å²) in [6.45, 7) is 10.3. The third-order valence-corrected chi connectivity index (χ3v) is 4.71. The molecular formula is C11H22N2OSi. The van der Waals surface area contributed by atoms with Gasteiger partial charge in [-0.1, -0.05) is 19.6 Å². The number of hydrogen-bond donors (Lipinski definition) is 0. The van der Waals surface area contributed by atoms with Gasteiger partial charge in [-0.15, -0.1) is 0 Å². The van der Waals surface area contributed by atoms with Crippen molar-refractivity contribution in [2.24, 2.45) is 0 Å². The highest BCUT2D eigenvalue weighted by Crippen LogP contribution is 2.21. The Morgan fingerprint density at radius 1 is 1.47 bits per heavy atom. The summed E-state index contributed by atoms with van der Waals surface area (Å²) in [6, 6.07) is 1.27. The molecule has 0 saturated carbocycles. The fraction of sp³-hybridized carbons (Fsp3) is 0.727. The van der Waals surface area contributed by atoms with Crippen LogP contribution in [0.2, 0.25) is 25.7 Å². The van der Waals surface area contributed by atoms with E-state index in [4.69, 9.17) is 0 Å². The van der Waals surface area contributed by atoms with Crippen molar-refractivity contribution < 1.29 is 4.79 Å². The molecule has 0 saturated heterocycles. The van der Waals surface area contributed by atoms with E-state index in [1.165, 1.54) is 6.04 Å². The molecule has 0 fully saturated rings. The zero-order valence-electron chi connectivity index (χ0n) is 10.4. The third-order valence-electron chi connectivity index (χ3n) is 2.99. The van der Waals surface area contributed by atoms with Gasteiger partial charge in [0.1, 0.15) is 0 Å². The zero-order valence-corrected chi connectivity index (χ0v) is 11.4. The summed E-state index contributed by atoms with van der Waals surface area (Å²) in [4.78, 5) is 15.1. The molecule has 0 bridgehead atoms. The van der Waals surface area contributed by atoms with Crippen LogP contribution in [0, 0.1) is 0 Å². The second-order valence-electron chi connectivity index (χ2n) is 5.46. The van der Waals surface area contributed by atoms with Crippen molar-refractivity contribution >= 4 is 14.4 Å². The van der Waals surface area contributed by atoms with Crippen LogP contribution in [-0.4, -0.2) is 43.9 Å². The number of rotatable bonds is 4. The van der Waals surface area contributed by atoms with Gasteiger partial charge >= 0.3 is 0 Å². The monoisotopic (exact) mass is 226 g/mol. The van der Waals surface area contributed by atoms with Gasteiger partial charge in [-0.2, -0.15) is 0 Å². The summed E-state index contributed by atoms with van der Waals surface area (Å²) in [7, 11) is 0.985. The fourth-order valence-electron chi connectivity index (χ4n) is 1.64. The number of allylic oxidation sites excluding steroid dienone is 1. The summed E-state index contributed by atoms with van der Waals surface area (Å²) in [5.41, 5.74) is 0.790. The molecule has 0 aromatic heterocycles. The van der Waals surface area contributed by atoms with Crippen molar-refractivity contribution in [3.05, 3.63) is 11.9 Å². The number of likely N-dealkylation sites (N-methyl/N-ethyl adjacent to an activating group) is 1. The second-order valence-corrected chi connectivity index (χ2v) is 11.1. The van der Waals surface area contributed by atoms with Gasteiger partial charge in [0, 0.05) is 27.9 Å². The van der Waals surface area contributed by atoms with Gasteiger partial charge < -0.3 is 9.80 Å². The Morgan fingerprint density at radius 3 is 2.47 bits per heavy atom. The first-order valence-corrected chi connectivity index (χ1v) is 9.21. The van der Waals surface area contributed by atoms with Crippen molar-refractivity contribution in [1.82, 2.24) is 9.80 Å². The topological polar surface area (TPSA) is 23.6 Å². The quantitative estimate of drug-likeness (QED) is 0.541. The largest absolute Gasteiger partial charge is 0.356 e. The van der Waals surface area contributed by atoms with Gasteiger partial charge in [0.2, 0.25) is 0 Å². The summed E-state index contributed by atoms with van der Waals surface area (Å²) in [5.74, 6) is 0. The molecule has 15 heavy (non-hydrogen) atoms. The predicted molar refractivity (Wildman–Crippen MR) is 66.2 cm³/mol. The summed E-state index contributed by atoms with van der Waals surface area (Å²) >= 11 is 0. The highest BCUT2D eigenvalue weighted by molar-refractivity contribution is 6.76. The Kier molecular flexibility index (Phi) is 3.60. The lowest BCUT2D eigenvalue weighted by Gasteiger charge is -2.29. The van der Waals surface area contributed by atoms with Gasteiger partial charge in [-0.25, -0.2) is 0 Å².